The van der Waals surface area contributed by atoms with Crippen LogP contribution in [0.25, 0.3) is 11.2 Å². The molecule has 0 aromatic carbocycles. The standard InChI is InChI=1S/C17H19N7O/c1-3-24-10-21-14-16(19-9-20-17(14)24)22-12-7-13(25)23(2)15(12)11-5-4-6-18-8-11/h4-6,8-10,12,15H,3,7H2,1-2H3,(H,19,20,22)/t12-,15+/m1/s1. The van der Waals surface area contributed by atoms with Crippen LogP contribution in [0.2, 0.25) is 0 Å². The Morgan fingerprint density at radius 1 is 1.32 bits per heavy atom. The van der Waals surface area contributed by atoms with Crippen LogP contribution in [-0.2, 0) is 11.3 Å². The second-order valence-corrected chi connectivity index (χ2v) is 6.12. The van der Waals surface area contributed by atoms with E-state index in [4.69, 9.17) is 0 Å². The molecule has 3 aromatic rings. The predicted octanol–water partition coefficient (Wildman–Crippen LogP) is 1.63. The highest BCUT2D eigenvalue weighted by molar-refractivity contribution is 5.85. The SMILES string of the molecule is CCn1cnc2c(N[C@@H]3CC(=O)N(C)[C@H]3c3cccnc3)ncnc21. The van der Waals surface area contributed by atoms with Gasteiger partial charge in [0.05, 0.1) is 18.4 Å². The van der Waals surface area contributed by atoms with Crippen LogP contribution in [0.1, 0.15) is 24.9 Å². The normalized spacial score (nSPS) is 20.4. The highest BCUT2D eigenvalue weighted by Crippen LogP contribution is 2.34. The van der Waals surface area contributed by atoms with Gasteiger partial charge in [-0.2, -0.15) is 0 Å². The smallest absolute Gasteiger partial charge is 0.225 e. The molecule has 4 heterocycles. The average Bonchev–Trinajstić information content (AvgIpc) is 3.18. The van der Waals surface area contributed by atoms with Crippen molar-refractivity contribution in [1.82, 2.24) is 29.4 Å². The number of nitrogens with zero attached hydrogens (tertiary/aromatic N) is 6. The van der Waals surface area contributed by atoms with Gasteiger partial charge < -0.3 is 14.8 Å². The molecule has 1 N–H and O–H groups in total. The van der Waals surface area contributed by atoms with Crippen LogP contribution in [0.4, 0.5) is 5.82 Å². The zero-order chi connectivity index (χ0) is 17.4. The Kier molecular flexibility index (Phi) is 3.79. The number of aryl methyl sites for hydroxylation is 1. The molecule has 1 saturated heterocycles. The van der Waals surface area contributed by atoms with Crippen LogP contribution in [0.3, 0.4) is 0 Å². The minimum Gasteiger partial charge on any atom is -0.362 e. The first-order chi connectivity index (χ1) is 12.2. The third-order valence-electron chi connectivity index (χ3n) is 4.68. The van der Waals surface area contributed by atoms with Gasteiger partial charge in [0.25, 0.3) is 0 Å². The first-order valence-corrected chi connectivity index (χ1v) is 8.27. The highest BCUT2D eigenvalue weighted by Gasteiger charge is 2.39. The number of aromatic nitrogens is 5. The van der Waals surface area contributed by atoms with E-state index >= 15 is 0 Å². The lowest BCUT2D eigenvalue weighted by Crippen LogP contribution is -2.30. The number of likely N-dealkylation sites (N-methyl/N-ethyl adjacent to an activating group) is 1. The van der Waals surface area contributed by atoms with E-state index in [2.05, 4.69) is 25.3 Å². The van der Waals surface area contributed by atoms with Gasteiger partial charge in [-0.1, -0.05) is 6.07 Å². The number of anilines is 1. The number of rotatable bonds is 4. The molecule has 8 nitrogen and oxygen atoms in total. The number of carbonyl (C=O) groups is 1. The summed E-state index contributed by atoms with van der Waals surface area (Å²) in [7, 11) is 1.82. The molecule has 8 heteroatoms. The Hall–Kier alpha value is -3.03. The Morgan fingerprint density at radius 2 is 2.20 bits per heavy atom. The fraction of sp³-hybridized carbons (Fsp3) is 0.353. The molecule has 1 amide bonds. The maximum absolute atomic E-state index is 12.3. The van der Waals surface area contributed by atoms with Gasteiger partial charge in [-0.25, -0.2) is 15.0 Å². The van der Waals surface area contributed by atoms with Gasteiger partial charge in [0.15, 0.2) is 11.5 Å². The van der Waals surface area contributed by atoms with E-state index in [-0.39, 0.29) is 18.0 Å². The molecule has 0 radical (unpaired) electrons. The summed E-state index contributed by atoms with van der Waals surface area (Å²) in [6, 6.07) is 3.67. The second-order valence-electron chi connectivity index (χ2n) is 6.12. The fourth-order valence-corrected chi connectivity index (χ4v) is 3.40. The second kappa shape index (κ2) is 6.12. The summed E-state index contributed by atoms with van der Waals surface area (Å²) in [4.78, 5) is 31.3. The maximum Gasteiger partial charge on any atom is 0.225 e. The number of carbonyl (C=O) groups excluding carboxylic acids is 1. The number of nitrogens with one attached hydrogen (secondary N) is 1. The van der Waals surface area contributed by atoms with Crippen molar-refractivity contribution >= 4 is 22.9 Å². The van der Waals surface area contributed by atoms with Crippen LogP contribution in [0, 0.1) is 0 Å². The molecule has 0 aliphatic carbocycles. The first-order valence-electron chi connectivity index (χ1n) is 8.27. The number of pyridine rings is 1. The van der Waals surface area contributed by atoms with Crippen molar-refractivity contribution in [3.05, 3.63) is 42.7 Å². The Labute approximate surface area is 144 Å². The van der Waals surface area contributed by atoms with Crippen molar-refractivity contribution in [1.29, 1.82) is 0 Å². The Morgan fingerprint density at radius 3 is 2.96 bits per heavy atom. The molecule has 1 aliphatic heterocycles. The third kappa shape index (κ3) is 2.59. The number of fused-ring (bicyclic) bond motifs is 1. The molecule has 4 rings (SSSR count). The zero-order valence-electron chi connectivity index (χ0n) is 14.1. The lowest BCUT2D eigenvalue weighted by atomic mass is 10.0. The Bertz CT molecular complexity index is 908. The molecule has 2 atom stereocenters. The van der Waals surface area contributed by atoms with E-state index in [1.807, 2.05) is 30.7 Å². The quantitative estimate of drug-likeness (QED) is 0.778. The van der Waals surface area contributed by atoms with Gasteiger partial charge in [-0.15, -0.1) is 0 Å². The van der Waals surface area contributed by atoms with Gasteiger partial charge >= 0.3 is 0 Å². The van der Waals surface area contributed by atoms with Crippen molar-refractivity contribution < 1.29 is 4.79 Å². The number of amides is 1. The van der Waals surface area contributed by atoms with E-state index in [1.54, 1.807) is 23.6 Å². The van der Waals surface area contributed by atoms with Crippen molar-refractivity contribution in [3.8, 4) is 0 Å². The lowest BCUT2D eigenvalue weighted by molar-refractivity contribution is -0.127. The van der Waals surface area contributed by atoms with E-state index in [1.165, 1.54) is 6.33 Å². The molecule has 1 aliphatic rings. The summed E-state index contributed by atoms with van der Waals surface area (Å²) < 4.78 is 1.96. The molecule has 0 saturated carbocycles. The van der Waals surface area contributed by atoms with Gasteiger partial charge in [0.2, 0.25) is 5.91 Å². The number of likely N-dealkylation sites (tertiary alicyclic amines) is 1. The van der Waals surface area contributed by atoms with E-state index in [9.17, 15) is 4.79 Å². The van der Waals surface area contributed by atoms with Crippen molar-refractivity contribution in [3.63, 3.8) is 0 Å². The molecule has 128 valence electrons. The lowest BCUT2D eigenvalue weighted by Gasteiger charge is -2.26. The molecular formula is C17H19N7O. The third-order valence-corrected chi connectivity index (χ3v) is 4.68. The summed E-state index contributed by atoms with van der Waals surface area (Å²) >= 11 is 0. The minimum atomic E-state index is -0.105. The largest absolute Gasteiger partial charge is 0.362 e. The maximum atomic E-state index is 12.3. The number of imidazole rings is 1. The first kappa shape index (κ1) is 15.5. The van der Waals surface area contributed by atoms with Gasteiger partial charge in [0, 0.05) is 32.4 Å². The van der Waals surface area contributed by atoms with E-state index in [0.717, 1.165) is 23.3 Å². The number of hydrogen-bond donors (Lipinski definition) is 1. The van der Waals surface area contributed by atoms with Crippen LogP contribution in [0.5, 0.6) is 0 Å². The fourth-order valence-electron chi connectivity index (χ4n) is 3.40. The molecule has 0 unspecified atom stereocenters. The van der Waals surface area contributed by atoms with E-state index in [0.29, 0.717) is 12.2 Å². The highest BCUT2D eigenvalue weighted by atomic mass is 16.2. The molecule has 0 spiro atoms. The summed E-state index contributed by atoms with van der Waals surface area (Å²) in [6.45, 7) is 2.83. The van der Waals surface area contributed by atoms with Gasteiger partial charge in [0.1, 0.15) is 11.8 Å². The molecule has 3 aromatic heterocycles. The zero-order valence-corrected chi connectivity index (χ0v) is 14.1. The molecule has 1 fully saturated rings. The topological polar surface area (TPSA) is 88.8 Å². The summed E-state index contributed by atoms with van der Waals surface area (Å²) in [6.07, 6.45) is 7.22. The predicted molar refractivity (Wildman–Crippen MR) is 92.8 cm³/mol. The van der Waals surface area contributed by atoms with Gasteiger partial charge in [-0.05, 0) is 18.6 Å². The van der Waals surface area contributed by atoms with E-state index < -0.39 is 0 Å². The summed E-state index contributed by atoms with van der Waals surface area (Å²) in [5, 5.41) is 3.41. The summed E-state index contributed by atoms with van der Waals surface area (Å²) in [5.74, 6) is 0.745. The molecule has 25 heavy (non-hydrogen) atoms. The molecular weight excluding hydrogens is 318 g/mol. The van der Waals surface area contributed by atoms with Crippen LogP contribution in [-0.4, -0.2) is 48.4 Å². The van der Waals surface area contributed by atoms with Crippen LogP contribution >= 0.6 is 0 Å². The van der Waals surface area contributed by atoms with Crippen molar-refractivity contribution in [2.24, 2.45) is 0 Å². The van der Waals surface area contributed by atoms with Crippen molar-refractivity contribution in [2.45, 2.75) is 32.0 Å². The van der Waals surface area contributed by atoms with Gasteiger partial charge in [-0.3, -0.25) is 9.78 Å². The van der Waals surface area contributed by atoms with Crippen LogP contribution in [0.15, 0.2) is 37.2 Å². The monoisotopic (exact) mass is 337 g/mol. The average molecular weight is 337 g/mol. The molecule has 0 bridgehead atoms. The summed E-state index contributed by atoms with van der Waals surface area (Å²) in [5.41, 5.74) is 2.50. The van der Waals surface area contributed by atoms with Crippen LogP contribution < -0.4 is 5.32 Å². The Balaban J connectivity index is 1.70. The number of hydrogen-bond acceptors (Lipinski definition) is 6. The minimum absolute atomic E-state index is 0.0933. The van der Waals surface area contributed by atoms with Crippen molar-refractivity contribution in [2.75, 3.05) is 12.4 Å².